The zero-order chi connectivity index (χ0) is 12.8. The van der Waals surface area contributed by atoms with Gasteiger partial charge in [-0.25, -0.2) is 4.98 Å². The second kappa shape index (κ2) is 4.22. The lowest BCUT2D eigenvalue weighted by molar-refractivity contribution is 0.395. The van der Waals surface area contributed by atoms with Gasteiger partial charge >= 0.3 is 0 Å². The number of fused-ring (bicyclic) bond motifs is 2. The fourth-order valence-corrected chi connectivity index (χ4v) is 3.62. The molecule has 0 spiro atoms. The van der Waals surface area contributed by atoms with Crippen LogP contribution in [0.2, 0.25) is 0 Å². The minimum atomic E-state index is 0.606. The number of aromatic nitrogens is 2. The van der Waals surface area contributed by atoms with Crippen molar-refractivity contribution in [2.24, 2.45) is 0 Å². The van der Waals surface area contributed by atoms with Gasteiger partial charge in [-0.1, -0.05) is 11.1 Å². The molecule has 1 saturated carbocycles. The maximum Gasteiger partial charge on any atom is 0.229 e. The Kier molecular flexibility index (Phi) is 2.50. The van der Waals surface area contributed by atoms with Gasteiger partial charge in [0.15, 0.2) is 0 Å². The van der Waals surface area contributed by atoms with Crippen LogP contribution in [-0.2, 0) is 0 Å². The molecule has 1 aromatic rings. The van der Waals surface area contributed by atoms with Crippen LogP contribution in [0.1, 0.15) is 38.5 Å². The highest BCUT2D eigenvalue weighted by Gasteiger charge is 2.41. The Labute approximate surface area is 113 Å². The van der Waals surface area contributed by atoms with E-state index in [4.69, 9.17) is 4.74 Å². The van der Waals surface area contributed by atoms with Crippen LogP contribution in [0.15, 0.2) is 23.4 Å². The zero-order valence-electron chi connectivity index (χ0n) is 11.3. The van der Waals surface area contributed by atoms with Gasteiger partial charge in [0.05, 0.1) is 7.11 Å². The topological polar surface area (TPSA) is 38.2 Å². The van der Waals surface area contributed by atoms with Crippen LogP contribution in [0, 0.1) is 0 Å². The lowest BCUT2D eigenvalue weighted by atomic mass is 9.96. The number of piperidine rings is 1. The first kappa shape index (κ1) is 11.3. The highest BCUT2D eigenvalue weighted by Crippen LogP contribution is 2.45. The third-order valence-electron chi connectivity index (χ3n) is 4.64. The number of anilines is 1. The molecule has 2 aliphatic heterocycles. The summed E-state index contributed by atoms with van der Waals surface area (Å²) in [5.74, 6) is 1.52. The Balaban J connectivity index is 1.64. The fraction of sp³-hybridized carbons (Fsp3) is 0.600. The fourth-order valence-electron chi connectivity index (χ4n) is 3.62. The van der Waals surface area contributed by atoms with Crippen molar-refractivity contribution in [1.82, 2.24) is 9.97 Å². The van der Waals surface area contributed by atoms with Crippen LogP contribution in [0.25, 0.3) is 0 Å². The number of hydrogen-bond acceptors (Lipinski definition) is 4. The summed E-state index contributed by atoms with van der Waals surface area (Å²) in [6, 6.07) is 3.02. The molecule has 2 saturated heterocycles. The van der Waals surface area contributed by atoms with Crippen molar-refractivity contribution in [3.63, 3.8) is 0 Å². The van der Waals surface area contributed by atoms with Crippen molar-refractivity contribution in [2.45, 2.75) is 50.6 Å². The van der Waals surface area contributed by atoms with E-state index in [0.29, 0.717) is 18.0 Å². The van der Waals surface area contributed by atoms with E-state index in [1.165, 1.54) is 38.5 Å². The lowest BCUT2D eigenvalue weighted by Crippen LogP contribution is -2.41. The normalized spacial score (nSPS) is 28.8. The molecule has 100 valence electrons. The van der Waals surface area contributed by atoms with Crippen LogP contribution >= 0.6 is 0 Å². The molecule has 0 N–H and O–H groups in total. The monoisotopic (exact) mass is 257 g/mol. The molecule has 1 aromatic heterocycles. The molecule has 0 amide bonds. The summed E-state index contributed by atoms with van der Waals surface area (Å²) < 4.78 is 5.22. The third-order valence-corrected chi connectivity index (χ3v) is 4.64. The molecule has 4 rings (SSSR count). The minimum Gasteiger partial charge on any atom is -0.481 e. The molecule has 3 aliphatic rings. The first-order valence-electron chi connectivity index (χ1n) is 7.20. The number of ether oxygens (including phenoxy) is 1. The molecule has 3 fully saturated rings. The third kappa shape index (κ3) is 1.90. The van der Waals surface area contributed by atoms with Gasteiger partial charge in [-0.05, 0) is 38.5 Å². The quantitative estimate of drug-likeness (QED) is 0.764. The largest absolute Gasteiger partial charge is 0.481 e. The molecule has 4 nitrogen and oxygen atoms in total. The Morgan fingerprint density at radius 1 is 1.16 bits per heavy atom. The van der Waals surface area contributed by atoms with Crippen molar-refractivity contribution in [2.75, 3.05) is 12.0 Å². The Hall–Kier alpha value is -1.58. The maximum atomic E-state index is 5.22. The van der Waals surface area contributed by atoms with E-state index in [0.717, 1.165) is 5.95 Å². The summed E-state index contributed by atoms with van der Waals surface area (Å²) >= 11 is 0. The highest BCUT2D eigenvalue weighted by molar-refractivity contribution is 5.43. The second-order valence-electron chi connectivity index (χ2n) is 5.81. The van der Waals surface area contributed by atoms with E-state index in [1.54, 1.807) is 24.5 Å². The number of nitrogens with zero attached hydrogens (tertiary/aromatic N) is 3. The van der Waals surface area contributed by atoms with E-state index in [-0.39, 0.29) is 0 Å². The van der Waals surface area contributed by atoms with Crippen LogP contribution < -0.4 is 9.64 Å². The number of hydrogen-bond donors (Lipinski definition) is 0. The van der Waals surface area contributed by atoms with Crippen molar-refractivity contribution in [1.29, 1.82) is 0 Å². The van der Waals surface area contributed by atoms with Gasteiger partial charge in [0.2, 0.25) is 11.8 Å². The molecular formula is C15H19N3O. The molecule has 4 heteroatoms. The minimum absolute atomic E-state index is 0.606. The Morgan fingerprint density at radius 2 is 1.89 bits per heavy atom. The van der Waals surface area contributed by atoms with E-state index in [2.05, 4.69) is 14.9 Å². The summed E-state index contributed by atoms with van der Waals surface area (Å²) in [4.78, 5) is 11.4. The molecule has 2 bridgehead atoms. The SMILES string of the molecule is COc1ccnc(N2C3CCC2CC(=C2CC2)C3)n1. The van der Waals surface area contributed by atoms with Gasteiger partial charge in [0.1, 0.15) is 0 Å². The summed E-state index contributed by atoms with van der Waals surface area (Å²) in [6.07, 6.45) is 9.52. The van der Waals surface area contributed by atoms with Crippen LogP contribution in [-0.4, -0.2) is 29.2 Å². The van der Waals surface area contributed by atoms with E-state index >= 15 is 0 Å². The predicted molar refractivity (Wildman–Crippen MR) is 73.4 cm³/mol. The lowest BCUT2D eigenvalue weighted by Gasteiger charge is -2.36. The molecule has 19 heavy (non-hydrogen) atoms. The smallest absolute Gasteiger partial charge is 0.229 e. The summed E-state index contributed by atoms with van der Waals surface area (Å²) in [7, 11) is 1.66. The summed E-state index contributed by atoms with van der Waals surface area (Å²) in [5.41, 5.74) is 3.48. The molecule has 3 heterocycles. The second-order valence-corrected chi connectivity index (χ2v) is 5.81. The predicted octanol–water partition coefficient (Wildman–Crippen LogP) is 2.71. The van der Waals surface area contributed by atoms with Gasteiger partial charge in [0.25, 0.3) is 0 Å². The van der Waals surface area contributed by atoms with Gasteiger partial charge < -0.3 is 9.64 Å². The molecule has 1 aliphatic carbocycles. The highest BCUT2D eigenvalue weighted by atomic mass is 16.5. The van der Waals surface area contributed by atoms with Crippen LogP contribution in [0.5, 0.6) is 5.88 Å². The van der Waals surface area contributed by atoms with E-state index in [9.17, 15) is 0 Å². The molecular weight excluding hydrogens is 238 g/mol. The van der Waals surface area contributed by atoms with Gasteiger partial charge in [0, 0.05) is 24.3 Å². The molecule has 0 radical (unpaired) electrons. The van der Waals surface area contributed by atoms with E-state index < -0.39 is 0 Å². The zero-order valence-corrected chi connectivity index (χ0v) is 11.3. The van der Waals surface area contributed by atoms with Crippen molar-refractivity contribution < 1.29 is 4.74 Å². The standard InChI is InChI=1S/C15H19N3O/c1-19-14-6-7-16-15(17-14)18-12-4-5-13(18)9-11(8-12)10-2-3-10/h6-7,12-13H,2-5,8-9H2,1H3. The molecule has 2 atom stereocenters. The molecule has 2 unspecified atom stereocenters. The average molecular weight is 257 g/mol. The molecule has 0 aromatic carbocycles. The maximum absolute atomic E-state index is 5.22. The summed E-state index contributed by atoms with van der Waals surface area (Å²) in [5, 5.41) is 0. The number of rotatable bonds is 2. The Morgan fingerprint density at radius 3 is 2.53 bits per heavy atom. The van der Waals surface area contributed by atoms with Gasteiger partial charge in [-0.15, -0.1) is 0 Å². The average Bonchev–Trinajstić information content (AvgIpc) is 3.25. The Bertz CT molecular complexity index is 518. The van der Waals surface area contributed by atoms with Crippen LogP contribution in [0.3, 0.4) is 0 Å². The number of methoxy groups -OCH3 is 1. The van der Waals surface area contributed by atoms with Gasteiger partial charge in [-0.2, -0.15) is 4.98 Å². The first-order valence-corrected chi connectivity index (χ1v) is 7.20. The summed E-state index contributed by atoms with van der Waals surface area (Å²) in [6.45, 7) is 0. The van der Waals surface area contributed by atoms with Crippen molar-refractivity contribution in [3.8, 4) is 5.88 Å². The van der Waals surface area contributed by atoms with Crippen molar-refractivity contribution >= 4 is 5.95 Å². The van der Waals surface area contributed by atoms with Crippen molar-refractivity contribution in [3.05, 3.63) is 23.4 Å². The number of allylic oxidation sites excluding steroid dienone is 1. The van der Waals surface area contributed by atoms with Crippen LogP contribution in [0.4, 0.5) is 5.95 Å². The first-order chi connectivity index (χ1) is 9.35. The van der Waals surface area contributed by atoms with E-state index in [1.807, 2.05) is 6.07 Å². The van der Waals surface area contributed by atoms with Gasteiger partial charge in [-0.3, -0.25) is 0 Å².